The number of H-pyrrole nitrogens is 1. The zero-order valence-electron chi connectivity index (χ0n) is 12.1. The van der Waals surface area contributed by atoms with Crippen molar-refractivity contribution in [2.45, 2.75) is 26.4 Å². The van der Waals surface area contributed by atoms with Crippen LogP contribution >= 0.6 is 0 Å². The number of furan rings is 1. The summed E-state index contributed by atoms with van der Waals surface area (Å²) in [5.41, 5.74) is 0.357. The lowest BCUT2D eigenvalue weighted by molar-refractivity contribution is 0.0699. The smallest absolute Gasteiger partial charge is 0.160 e. The molecule has 3 heterocycles. The summed E-state index contributed by atoms with van der Waals surface area (Å²) in [5, 5.41) is 21.3. The molecule has 1 atom stereocenters. The average molecular weight is 287 g/mol. The molecule has 0 aromatic carbocycles. The first kappa shape index (κ1) is 13.6. The zero-order chi connectivity index (χ0) is 15.0. The number of aromatic nitrogens is 4. The van der Waals surface area contributed by atoms with E-state index in [0.717, 1.165) is 22.5 Å². The Morgan fingerprint density at radius 2 is 2.19 bits per heavy atom. The van der Waals surface area contributed by atoms with Gasteiger partial charge in [-0.25, -0.2) is 9.97 Å². The lowest BCUT2D eigenvalue weighted by Crippen LogP contribution is -2.31. The Morgan fingerprint density at radius 1 is 1.38 bits per heavy atom. The minimum absolute atomic E-state index is 0.296. The van der Waals surface area contributed by atoms with E-state index in [9.17, 15) is 5.11 Å². The Labute approximate surface area is 121 Å². The highest BCUT2D eigenvalue weighted by Gasteiger charge is 2.27. The standard InChI is InChI=1S/C14H17N5O2/c1-8-4-11(9(2)21-8)14(3,20)6-15-12-10-5-18-19-13(10)17-7-16-12/h4-5,7,20H,6H2,1-3H3,(H2,15,16,17,18,19). The molecule has 7 heteroatoms. The summed E-state index contributed by atoms with van der Waals surface area (Å²) in [5.74, 6) is 2.13. The van der Waals surface area contributed by atoms with Crippen LogP contribution in [-0.2, 0) is 5.60 Å². The van der Waals surface area contributed by atoms with Crippen LogP contribution in [0.25, 0.3) is 11.0 Å². The summed E-state index contributed by atoms with van der Waals surface area (Å²) in [4.78, 5) is 8.26. The maximum atomic E-state index is 10.7. The minimum atomic E-state index is -1.07. The van der Waals surface area contributed by atoms with Crippen molar-refractivity contribution in [3.8, 4) is 0 Å². The van der Waals surface area contributed by atoms with Gasteiger partial charge in [0, 0.05) is 12.1 Å². The molecule has 0 aliphatic heterocycles. The number of hydrogen-bond acceptors (Lipinski definition) is 6. The molecule has 0 radical (unpaired) electrons. The molecule has 110 valence electrons. The van der Waals surface area contributed by atoms with Gasteiger partial charge in [0.25, 0.3) is 0 Å². The van der Waals surface area contributed by atoms with E-state index < -0.39 is 5.60 Å². The molecule has 0 amide bonds. The third-order valence-electron chi connectivity index (χ3n) is 3.47. The predicted octanol–water partition coefficient (Wildman–Crippen LogP) is 1.88. The summed E-state index contributed by atoms with van der Waals surface area (Å²) in [6.07, 6.45) is 3.10. The third-order valence-corrected chi connectivity index (χ3v) is 3.47. The summed E-state index contributed by atoms with van der Waals surface area (Å²) in [6.45, 7) is 5.74. The number of nitrogens with one attached hydrogen (secondary N) is 2. The number of anilines is 1. The van der Waals surface area contributed by atoms with Gasteiger partial charge in [-0.15, -0.1) is 0 Å². The van der Waals surface area contributed by atoms with Gasteiger partial charge < -0.3 is 14.8 Å². The molecule has 0 aliphatic carbocycles. The molecule has 0 fully saturated rings. The van der Waals surface area contributed by atoms with Crippen LogP contribution in [0.2, 0.25) is 0 Å². The largest absolute Gasteiger partial charge is 0.466 e. The van der Waals surface area contributed by atoms with Gasteiger partial charge in [-0.05, 0) is 26.8 Å². The summed E-state index contributed by atoms with van der Waals surface area (Å²) in [6, 6.07) is 1.85. The van der Waals surface area contributed by atoms with Crippen molar-refractivity contribution in [3.63, 3.8) is 0 Å². The number of rotatable bonds is 4. The van der Waals surface area contributed by atoms with E-state index in [1.165, 1.54) is 6.33 Å². The molecule has 3 aromatic rings. The van der Waals surface area contributed by atoms with E-state index in [1.54, 1.807) is 13.1 Å². The van der Waals surface area contributed by atoms with E-state index in [2.05, 4.69) is 25.5 Å². The predicted molar refractivity (Wildman–Crippen MR) is 77.9 cm³/mol. The van der Waals surface area contributed by atoms with Crippen LogP contribution in [0, 0.1) is 13.8 Å². The van der Waals surface area contributed by atoms with Gasteiger partial charge in [-0.1, -0.05) is 0 Å². The quantitative estimate of drug-likeness (QED) is 0.677. The molecule has 0 aliphatic rings. The molecule has 0 spiro atoms. The summed E-state index contributed by atoms with van der Waals surface area (Å²) < 4.78 is 5.48. The number of aryl methyl sites for hydroxylation is 2. The number of aromatic amines is 1. The Bertz CT molecular complexity index is 775. The van der Waals surface area contributed by atoms with Crippen LogP contribution in [0.3, 0.4) is 0 Å². The second-order valence-corrected chi connectivity index (χ2v) is 5.31. The fourth-order valence-electron chi connectivity index (χ4n) is 2.42. The maximum Gasteiger partial charge on any atom is 0.160 e. The Morgan fingerprint density at radius 3 is 2.90 bits per heavy atom. The van der Waals surface area contributed by atoms with Gasteiger partial charge in [-0.3, -0.25) is 5.10 Å². The fourth-order valence-corrected chi connectivity index (χ4v) is 2.42. The van der Waals surface area contributed by atoms with Gasteiger partial charge >= 0.3 is 0 Å². The average Bonchev–Trinajstić information content (AvgIpc) is 3.03. The molecule has 3 N–H and O–H groups in total. The molecule has 0 saturated heterocycles. The molecular weight excluding hydrogens is 270 g/mol. The topological polar surface area (TPSA) is 99.9 Å². The van der Waals surface area contributed by atoms with Crippen molar-refractivity contribution >= 4 is 16.9 Å². The fraction of sp³-hybridized carbons (Fsp3) is 0.357. The van der Waals surface area contributed by atoms with Crippen LogP contribution in [0.5, 0.6) is 0 Å². The first-order valence-electron chi connectivity index (χ1n) is 6.65. The highest BCUT2D eigenvalue weighted by Crippen LogP contribution is 2.27. The van der Waals surface area contributed by atoms with Crippen LogP contribution in [0.4, 0.5) is 5.82 Å². The maximum absolute atomic E-state index is 10.7. The van der Waals surface area contributed by atoms with Crippen LogP contribution in [0.15, 0.2) is 23.0 Å². The van der Waals surface area contributed by atoms with Crippen molar-refractivity contribution < 1.29 is 9.52 Å². The number of hydrogen-bond donors (Lipinski definition) is 3. The van der Waals surface area contributed by atoms with Gasteiger partial charge in [0.1, 0.15) is 29.3 Å². The van der Waals surface area contributed by atoms with E-state index >= 15 is 0 Å². The molecule has 0 bridgehead atoms. The molecular formula is C14H17N5O2. The second-order valence-electron chi connectivity index (χ2n) is 5.31. The van der Waals surface area contributed by atoms with E-state index in [1.807, 2.05) is 19.9 Å². The molecule has 3 rings (SSSR count). The Balaban J connectivity index is 1.83. The van der Waals surface area contributed by atoms with Crippen molar-refractivity contribution in [3.05, 3.63) is 35.7 Å². The van der Waals surface area contributed by atoms with Crippen LogP contribution in [-0.4, -0.2) is 31.8 Å². The SMILES string of the molecule is Cc1cc(C(C)(O)CNc2ncnc3[nH]ncc23)c(C)o1. The van der Waals surface area contributed by atoms with Gasteiger partial charge in [0.2, 0.25) is 0 Å². The Kier molecular flexibility index (Phi) is 3.13. The van der Waals surface area contributed by atoms with Crippen molar-refractivity contribution in [1.82, 2.24) is 20.2 Å². The number of aliphatic hydroxyl groups is 1. The molecule has 3 aromatic heterocycles. The second kappa shape index (κ2) is 4.85. The zero-order valence-corrected chi connectivity index (χ0v) is 12.1. The van der Waals surface area contributed by atoms with Crippen LogP contribution in [0.1, 0.15) is 24.0 Å². The van der Waals surface area contributed by atoms with Crippen molar-refractivity contribution in [2.24, 2.45) is 0 Å². The number of fused-ring (bicyclic) bond motifs is 1. The highest BCUT2D eigenvalue weighted by molar-refractivity contribution is 5.85. The van der Waals surface area contributed by atoms with Gasteiger partial charge in [-0.2, -0.15) is 5.10 Å². The lowest BCUT2D eigenvalue weighted by atomic mass is 9.96. The normalized spacial score (nSPS) is 14.3. The van der Waals surface area contributed by atoms with Gasteiger partial charge in [0.05, 0.1) is 11.6 Å². The molecule has 7 nitrogen and oxygen atoms in total. The summed E-state index contributed by atoms with van der Waals surface area (Å²) >= 11 is 0. The number of nitrogens with zero attached hydrogens (tertiary/aromatic N) is 3. The Hall–Kier alpha value is -2.41. The van der Waals surface area contributed by atoms with E-state index in [4.69, 9.17) is 4.42 Å². The van der Waals surface area contributed by atoms with E-state index in [-0.39, 0.29) is 0 Å². The highest BCUT2D eigenvalue weighted by atomic mass is 16.3. The molecule has 21 heavy (non-hydrogen) atoms. The monoisotopic (exact) mass is 287 g/mol. The molecule has 1 unspecified atom stereocenters. The van der Waals surface area contributed by atoms with Crippen LogP contribution < -0.4 is 5.32 Å². The summed E-state index contributed by atoms with van der Waals surface area (Å²) in [7, 11) is 0. The van der Waals surface area contributed by atoms with Gasteiger partial charge in [0.15, 0.2) is 5.65 Å². The molecule has 0 saturated carbocycles. The van der Waals surface area contributed by atoms with Crippen molar-refractivity contribution in [2.75, 3.05) is 11.9 Å². The first-order valence-corrected chi connectivity index (χ1v) is 6.65. The first-order chi connectivity index (χ1) is 9.97. The minimum Gasteiger partial charge on any atom is -0.466 e. The third kappa shape index (κ3) is 2.47. The van der Waals surface area contributed by atoms with E-state index in [0.29, 0.717) is 18.0 Å². The lowest BCUT2D eigenvalue weighted by Gasteiger charge is -2.23. The van der Waals surface area contributed by atoms with Crippen molar-refractivity contribution in [1.29, 1.82) is 0 Å².